The molecule has 2 atom stereocenters. The minimum atomic E-state index is -0.442. The van der Waals surface area contributed by atoms with E-state index in [0.29, 0.717) is 32.5 Å². The highest BCUT2D eigenvalue weighted by molar-refractivity contribution is 14.1. The normalized spacial score (nSPS) is 13.6. The lowest BCUT2D eigenvalue weighted by Gasteiger charge is -2.25. The van der Waals surface area contributed by atoms with Crippen LogP contribution in [0.25, 0.3) is 0 Å². The maximum absolute atomic E-state index is 10.3. The molecule has 0 saturated carbocycles. The molecule has 0 saturated heterocycles. The molecule has 4 N–H and O–H groups in total. The van der Waals surface area contributed by atoms with Gasteiger partial charge < -0.3 is 25.2 Å². The first-order chi connectivity index (χ1) is 12.4. The summed E-state index contributed by atoms with van der Waals surface area (Å²) in [5.74, 6) is 0.115. The Morgan fingerprint density at radius 1 is 0.519 bits per heavy atom. The SMILES string of the molecule is CC(OC(C)c1c(I)c(O)c(I)c(O)c1I)c1c(I)c(O)c(I)c(O)c1I. The fraction of sp³-hybridized carbons (Fsp3) is 0.250. The molecule has 0 heterocycles. The minimum Gasteiger partial charge on any atom is -0.506 e. The van der Waals surface area contributed by atoms with Crippen LogP contribution >= 0.6 is 136 Å². The van der Waals surface area contributed by atoms with Crippen LogP contribution in [0.2, 0.25) is 0 Å². The molecule has 0 amide bonds. The minimum absolute atomic E-state index is 0.0286. The number of benzene rings is 2. The lowest BCUT2D eigenvalue weighted by Crippen LogP contribution is -2.12. The first-order valence-corrected chi connectivity index (χ1v) is 13.7. The number of hydrogen-bond donors (Lipinski definition) is 4. The van der Waals surface area contributed by atoms with Crippen LogP contribution < -0.4 is 0 Å². The van der Waals surface area contributed by atoms with Crippen molar-refractivity contribution in [2.24, 2.45) is 0 Å². The van der Waals surface area contributed by atoms with E-state index in [2.05, 4.69) is 0 Å². The van der Waals surface area contributed by atoms with E-state index in [9.17, 15) is 20.4 Å². The van der Waals surface area contributed by atoms with Gasteiger partial charge in [0, 0.05) is 11.1 Å². The number of phenols is 4. The maximum atomic E-state index is 10.3. The third-order valence-corrected chi connectivity index (χ3v) is 10.2. The average Bonchev–Trinajstić information content (AvgIpc) is 2.61. The molecule has 0 spiro atoms. The van der Waals surface area contributed by atoms with Gasteiger partial charge in [-0.3, -0.25) is 0 Å². The fourth-order valence-electron chi connectivity index (χ4n) is 2.47. The Labute approximate surface area is 238 Å². The van der Waals surface area contributed by atoms with Gasteiger partial charge in [-0.25, -0.2) is 0 Å². The van der Waals surface area contributed by atoms with E-state index >= 15 is 0 Å². The number of ether oxygens (including phenoxy) is 1. The van der Waals surface area contributed by atoms with E-state index in [0.717, 1.165) is 0 Å². The van der Waals surface area contributed by atoms with Crippen LogP contribution in [-0.2, 0) is 4.74 Å². The molecule has 5 nitrogen and oxygen atoms in total. The molecule has 0 aliphatic rings. The highest BCUT2D eigenvalue weighted by atomic mass is 127. The molecule has 0 aromatic heterocycles. The summed E-state index contributed by atoms with van der Waals surface area (Å²) >= 11 is 12.0. The number of aromatic hydroxyl groups is 4. The Morgan fingerprint density at radius 2 is 0.741 bits per heavy atom. The zero-order valence-electron chi connectivity index (χ0n) is 13.6. The quantitative estimate of drug-likeness (QED) is 0.249. The van der Waals surface area contributed by atoms with Gasteiger partial charge in [0.05, 0.1) is 33.6 Å². The van der Waals surface area contributed by atoms with Crippen molar-refractivity contribution in [2.45, 2.75) is 26.1 Å². The van der Waals surface area contributed by atoms with Gasteiger partial charge in [0.2, 0.25) is 0 Å². The van der Waals surface area contributed by atoms with Crippen LogP contribution in [0.3, 0.4) is 0 Å². The molecule has 0 aliphatic carbocycles. The standard InChI is InChI=1S/C16H12I6O5/c1-3(5-7(17)13(23)11(21)14(24)8(5)18)27-4(2)6-9(19)15(25)12(22)16(26)10(6)20/h3-4,23-26H,1-2H3. The van der Waals surface area contributed by atoms with Crippen molar-refractivity contribution in [3.63, 3.8) is 0 Å². The van der Waals surface area contributed by atoms with Crippen molar-refractivity contribution in [1.29, 1.82) is 0 Å². The third kappa shape index (κ3) is 4.92. The second kappa shape index (κ2) is 10.1. The van der Waals surface area contributed by atoms with E-state index in [1.54, 1.807) is 0 Å². The van der Waals surface area contributed by atoms with Crippen LogP contribution in [0.1, 0.15) is 37.2 Å². The van der Waals surface area contributed by atoms with E-state index < -0.39 is 12.2 Å². The van der Waals surface area contributed by atoms with Crippen LogP contribution in [0.4, 0.5) is 0 Å². The summed E-state index contributed by atoms with van der Waals surface area (Å²) < 4.78 is 9.47. The number of phenolic OH excluding ortho intramolecular Hbond substituents is 4. The average molecular weight is 1050 g/mol. The molecule has 2 aromatic rings. The molecule has 0 radical (unpaired) electrons. The van der Waals surface area contributed by atoms with Crippen LogP contribution in [-0.4, -0.2) is 20.4 Å². The highest BCUT2D eigenvalue weighted by Crippen LogP contribution is 2.46. The third-order valence-electron chi connectivity index (χ3n) is 3.83. The molecule has 27 heavy (non-hydrogen) atoms. The molecular weight excluding hydrogens is 1030 g/mol. The summed E-state index contributed by atoms with van der Waals surface area (Å²) in [4.78, 5) is 0. The monoisotopic (exact) mass is 1050 g/mol. The van der Waals surface area contributed by atoms with Gasteiger partial charge in [0.15, 0.2) is 0 Å². The summed E-state index contributed by atoms with van der Waals surface area (Å²) in [5, 5.41) is 41.1. The lowest BCUT2D eigenvalue weighted by atomic mass is 10.1. The van der Waals surface area contributed by atoms with Gasteiger partial charge in [0.25, 0.3) is 0 Å². The molecule has 2 aromatic carbocycles. The maximum Gasteiger partial charge on any atom is 0.146 e. The van der Waals surface area contributed by atoms with Crippen molar-refractivity contribution >= 4 is 136 Å². The molecule has 11 heteroatoms. The number of hydrogen-bond acceptors (Lipinski definition) is 5. The molecule has 2 unspecified atom stereocenters. The summed E-state index contributed by atoms with van der Waals surface area (Å²) in [6.45, 7) is 3.68. The topological polar surface area (TPSA) is 90.2 Å². The Kier molecular flexibility index (Phi) is 9.41. The Bertz CT molecular complexity index is 786. The summed E-state index contributed by atoms with van der Waals surface area (Å²) in [6, 6.07) is 0. The van der Waals surface area contributed by atoms with Crippen LogP contribution in [0.5, 0.6) is 23.0 Å². The highest BCUT2D eigenvalue weighted by Gasteiger charge is 2.28. The summed E-state index contributed by atoms with van der Waals surface area (Å²) in [5.41, 5.74) is 1.39. The second-order valence-electron chi connectivity index (χ2n) is 5.53. The molecule has 0 bridgehead atoms. The van der Waals surface area contributed by atoms with E-state index in [1.807, 2.05) is 149 Å². The van der Waals surface area contributed by atoms with Gasteiger partial charge >= 0.3 is 0 Å². The Balaban J connectivity index is 2.48. The van der Waals surface area contributed by atoms with Crippen LogP contribution in [0, 0.1) is 21.4 Å². The Hall–Kier alpha value is 1.98. The van der Waals surface area contributed by atoms with Gasteiger partial charge in [-0.2, -0.15) is 0 Å². The smallest absolute Gasteiger partial charge is 0.146 e. The van der Waals surface area contributed by atoms with Crippen molar-refractivity contribution in [2.75, 3.05) is 0 Å². The van der Waals surface area contributed by atoms with Crippen molar-refractivity contribution < 1.29 is 25.2 Å². The predicted octanol–water partition coefficient (Wildman–Crippen LogP) is 6.98. The molecule has 2 rings (SSSR count). The van der Waals surface area contributed by atoms with Gasteiger partial charge in [0.1, 0.15) is 23.0 Å². The van der Waals surface area contributed by atoms with Crippen molar-refractivity contribution in [3.8, 4) is 23.0 Å². The van der Waals surface area contributed by atoms with Crippen molar-refractivity contribution in [1.82, 2.24) is 0 Å². The zero-order valence-corrected chi connectivity index (χ0v) is 26.6. The molecule has 148 valence electrons. The zero-order chi connectivity index (χ0) is 20.8. The van der Waals surface area contributed by atoms with Crippen molar-refractivity contribution in [3.05, 3.63) is 32.5 Å². The van der Waals surface area contributed by atoms with E-state index in [-0.39, 0.29) is 23.0 Å². The van der Waals surface area contributed by atoms with E-state index in [1.165, 1.54) is 0 Å². The van der Waals surface area contributed by atoms with Gasteiger partial charge in [-0.15, -0.1) is 0 Å². The lowest BCUT2D eigenvalue weighted by molar-refractivity contribution is 0.00359. The number of halogens is 6. The van der Waals surface area contributed by atoms with Gasteiger partial charge in [-0.1, -0.05) is 0 Å². The molecular formula is C16H12I6O5. The summed E-state index contributed by atoms with van der Waals surface area (Å²) in [7, 11) is 0. The molecule has 0 fully saturated rings. The Morgan fingerprint density at radius 3 is 0.963 bits per heavy atom. The fourth-order valence-corrected chi connectivity index (χ4v) is 10.6. The summed E-state index contributed by atoms with van der Waals surface area (Å²) in [6.07, 6.45) is -0.884. The molecule has 0 aliphatic heterocycles. The van der Waals surface area contributed by atoms with Crippen LogP contribution in [0.15, 0.2) is 0 Å². The second-order valence-corrected chi connectivity index (χ2v) is 12.0. The first kappa shape index (κ1) is 25.2. The van der Waals surface area contributed by atoms with Gasteiger partial charge in [-0.05, 0) is 149 Å². The van der Waals surface area contributed by atoms with E-state index in [4.69, 9.17) is 4.74 Å². The largest absolute Gasteiger partial charge is 0.506 e. The predicted molar refractivity (Wildman–Crippen MR) is 154 cm³/mol. The first-order valence-electron chi connectivity index (χ1n) is 7.23. The number of rotatable bonds is 4.